The van der Waals surface area contributed by atoms with E-state index in [-0.39, 0.29) is 65.9 Å². The number of rotatable bonds is 11. The number of hydrogen-bond donors (Lipinski definition) is 3. The van der Waals surface area contributed by atoms with Gasteiger partial charge in [0.25, 0.3) is 17.4 Å². The number of hydrogen-bond acceptors (Lipinski definition) is 13. The number of carbonyl (C=O) groups is 3. The van der Waals surface area contributed by atoms with Gasteiger partial charge >= 0.3 is 0 Å². The molecule has 3 saturated heterocycles. The van der Waals surface area contributed by atoms with Crippen molar-refractivity contribution in [1.82, 2.24) is 44.8 Å². The fourth-order valence-electron chi connectivity index (χ4n) is 8.81. The highest BCUT2D eigenvalue weighted by atomic mass is 35.5. The minimum atomic E-state index is -2.92. The number of nitrogens with one attached hydrogen (secondary N) is 3. The zero-order chi connectivity index (χ0) is 44.0. The Balaban J connectivity index is 0.977. The lowest BCUT2D eigenvalue weighted by atomic mass is 9.87. The molecule has 3 aliphatic heterocycles. The number of alkyl halides is 2. The van der Waals surface area contributed by atoms with Crippen LogP contribution in [0.2, 0.25) is 5.02 Å². The van der Waals surface area contributed by atoms with Crippen LogP contribution >= 0.6 is 11.6 Å². The Morgan fingerprint density at radius 3 is 2.63 bits per heavy atom. The number of likely N-dealkylation sites (N-methyl/N-ethyl adjacent to an activating group) is 2. The van der Waals surface area contributed by atoms with Gasteiger partial charge in [0.2, 0.25) is 17.8 Å². The summed E-state index contributed by atoms with van der Waals surface area (Å²) in [6.45, 7) is 5.19. The minimum absolute atomic E-state index is 0.0127. The van der Waals surface area contributed by atoms with E-state index < -0.39 is 23.9 Å². The number of anilines is 4. The number of aromatic nitrogens is 6. The molecule has 3 aliphatic rings. The second-order valence-electron chi connectivity index (χ2n) is 16.7. The van der Waals surface area contributed by atoms with Crippen LogP contribution in [0.1, 0.15) is 57.2 Å². The Morgan fingerprint density at radius 1 is 1.06 bits per heavy atom. The fourth-order valence-corrected chi connectivity index (χ4v) is 8.95. The van der Waals surface area contributed by atoms with Crippen LogP contribution in [0.4, 0.5) is 31.9 Å². The molecule has 8 rings (SSSR count). The summed E-state index contributed by atoms with van der Waals surface area (Å²) in [7, 11) is 5.26. The number of nitrogens with zero attached hydrogens (tertiary/aromatic N) is 9. The van der Waals surface area contributed by atoms with Crippen LogP contribution in [0.3, 0.4) is 0 Å². The van der Waals surface area contributed by atoms with Crippen LogP contribution in [0.5, 0.6) is 5.75 Å². The van der Waals surface area contributed by atoms with E-state index in [0.717, 1.165) is 10.9 Å². The summed E-state index contributed by atoms with van der Waals surface area (Å²) in [6.07, 6.45) is 3.97. The largest absolute Gasteiger partial charge is 0.478 e. The second-order valence-corrected chi connectivity index (χ2v) is 17.1. The summed E-state index contributed by atoms with van der Waals surface area (Å²) in [5.74, 6) is -4.08. The summed E-state index contributed by atoms with van der Waals surface area (Å²) >= 11 is 6.61. The number of benzene rings is 1. The molecular formula is C42H49ClF2N12O5. The number of ether oxygens (including phenoxy) is 1. The van der Waals surface area contributed by atoms with E-state index in [9.17, 15) is 19.2 Å². The predicted molar refractivity (Wildman–Crippen MR) is 231 cm³/mol. The smallest absolute Gasteiger partial charge is 0.294 e. The van der Waals surface area contributed by atoms with Gasteiger partial charge in [0, 0.05) is 81.7 Å². The lowest BCUT2D eigenvalue weighted by Crippen LogP contribution is -2.54. The molecule has 17 nitrogen and oxygen atoms in total. The van der Waals surface area contributed by atoms with Gasteiger partial charge < -0.3 is 25.2 Å². The van der Waals surface area contributed by atoms with Gasteiger partial charge in [-0.2, -0.15) is 10.1 Å². The van der Waals surface area contributed by atoms with E-state index >= 15 is 8.78 Å². The number of imide groups is 1. The third kappa shape index (κ3) is 8.72. The fraction of sp³-hybridized carbons (Fsp3) is 0.476. The van der Waals surface area contributed by atoms with Crippen molar-refractivity contribution in [3.8, 4) is 5.75 Å². The van der Waals surface area contributed by atoms with Crippen molar-refractivity contribution in [1.29, 1.82) is 0 Å². The highest BCUT2D eigenvalue weighted by Gasteiger charge is 2.42. The van der Waals surface area contributed by atoms with Gasteiger partial charge in [0.05, 0.1) is 41.8 Å². The quantitative estimate of drug-likeness (QED) is 0.159. The summed E-state index contributed by atoms with van der Waals surface area (Å²) in [5.41, 5.74) is 2.52. The molecule has 0 saturated carbocycles. The van der Waals surface area contributed by atoms with Crippen LogP contribution in [0, 0.1) is 5.92 Å². The standard InChI is InChI=1S/C42H49ClF2N12O5/c1-23(2)57-38-25(14-33(40(57)61)62-21-35(59)46-3)13-26(17-47-38)49-37-31(43)18-48-41(51-37)55-11-10-53(4)28(20-55)12-24-16-42(44,45)22-56(19-24)27-6-7-29-32(15-27)54(5)52-36(29)30-8-9-34(58)50-39(30)60/h6-7,13-15,17-18,23-24,28,30H,8-12,16,19-22H2,1-5H3,(H,46,59)(H,48,49,51)(H,50,58,60)/t24?,28-,30?/m0/s1. The SMILES string of the molecule is CNC(=O)COc1cc2cc(Nc3nc(N4CCN(C)[C@@H](CC5CN(c6ccc7c(C8CCC(=O)NC8=O)nn(C)c7c6)CC(F)(F)C5)C4)ncc3Cl)cnc2n(C(C)C)c1=O. The van der Waals surface area contributed by atoms with E-state index in [0.29, 0.717) is 78.9 Å². The van der Waals surface area contributed by atoms with Gasteiger partial charge in [0.1, 0.15) is 10.7 Å². The van der Waals surface area contributed by atoms with Crippen molar-refractivity contribution in [2.45, 2.75) is 63.5 Å². The van der Waals surface area contributed by atoms with Gasteiger partial charge in [-0.25, -0.2) is 18.7 Å². The maximum absolute atomic E-state index is 15.6. The zero-order valence-corrected chi connectivity index (χ0v) is 35.9. The molecule has 62 heavy (non-hydrogen) atoms. The number of pyridine rings is 2. The number of amides is 3. The molecule has 0 radical (unpaired) electrons. The maximum atomic E-state index is 15.6. The average molecular weight is 875 g/mol. The van der Waals surface area contributed by atoms with Crippen LogP contribution < -0.4 is 36.0 Å². The molecule has 1 aromatic carbocycles. The molecule has 0 aliphatic carbocycles. The van der Waals surface area contributed by atoms with E-state index in [1.807, 2.05) is 44.0 Å². The number of halogens is 3. The van der Waals surface area contributed by atoms with Gasteiger partial charge in [-0.05, 0) is 70.0 Å². The number of carbonyl (C=O) groups excluding carboxylic acids is 3. The first kappa shape index (κ1) is 42.7. The van der Waals surface area contributed by atoms with Crippen molar-refractivity contribution in [2.75, 3.05) is 68.5 Å². The van der Waals surface area contributed by atoms with E-state index in [1.54, 1.807) is 35.0 Å². The van der Waals surface area contributed by atoms with Gasteiger partial charge in [0.15, 0.2) is 18.2 Å². The summed E-state index contributed by atoms with van der Waals surface area (Å²) in [5, 5.41) is 14.3. The molecule has 3 atom stereocenters. The van der Waals surface area contributed by atoms with Gasteiger partial charge in [-0.1, -0.05) is 11.6 Å². The summed E-state index contributed by atoms with van der Waals surface area (Å²) < 4.78 is 39.9. The monoisotopic (exact) mass is 874 g/mol. The summed E-state index contributed by atoms with van der Waals surface area (Å²) in [6, 6.07) is 8.53. The first-order valence-corrected chi connectivity index (χ1v) is 21.0. The molecule has 5 aromatic rings. The van der Waals surface area contributed by atoms with Crippen LogP contribution in [0.25, 0.3) is 21.9 Å². The van der Waals surface area contributed by atoms with E-state index in [1.165, 1.54) is 17.8 Å². The van der Waals surface area contributed by atoms with E-state index in [2.05, 4.69) is 35.9 Å². The Hall–Kier alpha value is -5.95. The van der Waals surface area contributed by atoms with Crippen molar-refractivity contribution < 1.29 is 27.9 Å². The first-order chi connectivity index (χ1) is 29.6. The normalized spacial score (nSPS) is 20.8. The first-order valence-electron chi connectivity index (χ1n) is 20.6. The van der Waals surface area contributed by atoms with Crippen molar-refractivity contribution in [3.05, 3.63) is 63.8 Å². The topological polar surface area (TPSA) is 185 Å². The third-order valence-electron chi connectivity index (χ3n) is 11.9. The zero-order valence-electron chi connectivity index (χ0n) is 35.1. The lowest BCUT2D eigenvalue weighted by Gasteiger charge is -2.44. The Kier molecular flexibility index (Phi) is 11.8. The molecule has 4 aromatic heterocycles. The number of fused-ring (bicyclic) bond motifs is 2. The van der Waals surface area contributed by atoms with Crippen LogP contribution in [-0.2, 0) is 21.4 Å². The molecule has 7 heterocycles. The number of piperidine rings is 2. The summed E-state index contributed by atoms with van der Waals surface area (Å²) in [4.78, 5) is 69.4. The van der Waals surface area contributed by atoms with E-state index in [4.69, 9.17) is 21.3 Å². The maximum Gasteiger partial charge on any atom is 0.294 e. The van der Waals surface area contributed by atoms with Crippen molar-refractivity contribution in [3.63, 3.8) is 0 Å². The van der Waals surface area contributed by atoms with Crippen LogP contribution in [-0.4, -0.2) is 117 Å². The number of aryl methyl sites for hydroxylation is 1. The second kappa shape index (κ2) is 17.1. The Bertz CT molecular complexity index is 2620. The molecule has 3 N–H and O–H groups in total. The molecular weight excluding hydrogens is 826 g/mol. The van der Waals surface area contributed by atoms with Gasteiger partial charge in [-0.3, -0.25) is 38.6 Å². The van der Waals surface area contributed by atoms with Gasteiger partial charge in [-0.15, -0.1) is 0 Å². The lowest BCUT2D eigenvalue weighted by molar-refractivity contribution is -0.134. The van der Waals surface area contributed by atoms with Crippen molar-refractivity contribution in [2.24, 2.45) is 13.0 Å². The average Bonchev–Trinajstić information content (AvgIpc) is 3.55. The molecule has 328 valence electrons. The Morgan fingerprint density at radius 2 is 1.87 bits per heavy atom. The molecule has 3 amide bonds. The minimum Gasteiger partial charge on any atom is -0.478 e. The predicted octanol–water partition coefficient (Wildman–Crippen LogP) is 4.37. The molecule has 0 bridgehead atoms. The van der Waals surface area contributed by atoms with Crippen molar-refractivity contribution >= 4 is 74.4 Å². The highest BCUT2D eigenvalue weighted by Crippen LogP contribution is 2.39. The van der Waals surface area contributed by atoms with Crippen LogP contribution in [0.15, 0.2) is 47.5 Å². The third-order valence-corrected chi connectivity index (χ3v) is 12.2. The molecule has 0 spiro atoms. The highest BCUT2D eigenvalue weighted by molar-refractivity contribution is 6.33. The molecule has 2 unspecified atom stereocenters. The Labute approximate surface area is 360 Å². The number of piperazine rings is 1. The molecule has 3 fully saturated rings. The molecule has 20 heteroatoms.